The van der Waals surface area contributed by atoms with Crippen molar-refractivity contribution in [3.63, 3.8) is 0 Å². The van der Waals surface area contributed by atoms with Gasteiger partial charge >= 0.3 is 5.97 Å². The first-order chi connectivity index (χ1) is 7.04. The Kier molecular flexibility index (Phi) is 3.85. The molecule has 0 saturated carbocycles. The molecule has 15 heavy (non-hydrogen) atoms. The van der Waals surface area contributed by atoms with Crippen LogP contribution in [0.1, 0.15) is 38.0 Å². The average molecular weight is 212 g/mol. The molecule has 1 aromatic heterocycles. The number of hydrogen-bond donors (Lipinski definition) is 2. The number of nitrogens with one attached hydrogen (secondary N) is 1. The lowest BCUT2D eigenvalue weighted by Crippen LogP contribution is -2.37. The van der Waals surface area contributed by atoms with Gasteiger partial charge in [-0.05, 0) is 20.3 Å². The molecule has 0 aliphatic heterocycles. The molecule has 84 valence electrons. The highest BCUT2D eigenvalue weighted by Gasteiger charge is 2.20. The van der Waals surface area contributed by atoms with E-state index in [4.69, 9.17) is 9.52 Å². The van der Waals surface area contributed by atoms with Gasteiger partial charge in [0.25, 0.3) is 0 Å². The van der Waals surface area contributed by atoms with Crippen molar-refractivity contribution >= 4 is 5.97 Å². The number of aromatic nitrogens is 1. The maximum absolute atomic E-state index is 10.8. The predicted molar refractivity (Wildman–Crippen MR) is 54.5 cm³/mol. The standard InChI is InChI=1S/C10H16N2O3/c1-4-8(10(13)14)12-7(3)9-11-5-6(2)15-9/h5,7-8,12H,4H2,1-3H3,(H,13,14). The lowest BCUT2D eigenvalue weighted by molar-refractivity contribution is -0.139. The molecule has 1 rings (SSSR count). The topological polar surface area (TPSA) is 75.4 Å². The summed E-state index contributed by atoms with van der Waals surface area (Å²) < 4.78 is 5.30. The summed E-state index contributed by atoms with van der Waals surface area (Å²) in [4.78, 5) is 14.8. The van der Waals surface area contributed by atoms with E-state index in [0.717, 1.165) is 5.76 Å². The van der Waals surface area contributed by atoms with E-state index in [1.807, 2.05) is 13.8 Å². The van der Waals surface area contributed by atoms with E-state index < -0.39 is 12.0 Å². The van der Waals surface area contributed by atoms with Gasteiger partial charge in [-0.25, -0.2) is 4.98 Å². The monoisotopic (exact) mass is 212 g/mol. The Balaban J connectivity index is 2.62. The maximum Gasteiger partial charge on any atom is 0.320 e. The SMILES string of the molecule is CCC(NC(C)c1ncc(C)o1)C(=O)O. The van der Waals surface area contributed by atoms with Gasteiger partial charge in [0.2, 0.25) is 5.89 Å². The molecule has 2 atom stereocenters. The normalized spacial score (nSPS) is 14.9. The summed E-state index contributed by atoms with van der Waals surface area (Å²) >= 11 is 0. The third-order valence-electron chi connectivity index (χ3n) is 2.17. The molecule has 0 aliphatic rings. The van der Waals surface area contributed by atoms with Crippen LogP contribution >= 0.6 is 0 Å². The van der Waals surface area contributed by atoms with Gasteiger partial charge in [0.15, 0.2) is 0 Å². The molecule has 0 saturated heterocycles. The Morgan fingerprint density at radius 2 is 2.40 bits per heavy atom. The zero-order valence-electron chi connectivity index (χ0n) is 9.15. The smallest absolute Gasteiger partial charge is 0.320 e. The van der Waals surface area contributed by atoms with Crippen molar-refractivity contribution < 1.29 is 14.3 Å². The fourth-order valence-electron chi connectivity index (χ4n) is 1.31. The van der Waals surface area contributed by atoms with Crippen molar-refractivity contribution in [2.45, 2.75) is 39.3 Å². The summed E-state index contributed by atoms with van der Waals surface area (Å²) in [5, 5.41) is 11.8. The summed E-state index contributed by atoms with van der Waals surface area (Å²) in [6, 6.07) is -0.757. The molecule has 5 heteroatoms. The summed E-state index contributed by atoms with van der Waals surface area (Å²) in [7, 11) is 0. The summed E-state index contributed by atoms with van der Waals surface area (Å²) in [5.74, 6) is 0.391. The van der Waals surface area contributed by atoms with Gasteiger partial charge < -0.3 is 9.52 Å². The molecule has 0 radical (unpaired) electrons. The van der Waals surface area contributed by atoms with Gasteiger partial charge in [-0.15, -0.1) is 0 Å². The average Bonchev–Trinajstić information content (AvgIpc) is 2.60. The largest absolute Gasteiger partial charge is 0.480 e. The van der Waals surface area contributed by atoms with Gasteiger partial charge in [-0.1, -0.05) is 6.92 Å². The van der Waals surface area contributed by atoms with Crippen LogP contribution in [0.2, 0.25) is 0 Å². The highest BCUT2D eigenvalue weighted by molar-refractivity contribution is 5.73. The molecule has 0 aliphatic carbocycles. The van der Waals surface area contributed by atoms with Crippen molar-refractivity contribution in [1.82, 2.24) is 10.3 Å². The number of aliphatic carboxylic acids is 1. The van der Waals surface area contributed by atoms with Crippen molar-refractivity contribution in [3.05, 3.63) is 17.8 Å². The van der Waals surface area contributed by atoms with Crippen LogP contribution in [0.5, 0.6) is 0 Å². The van der Waals surface area contributed by atoms with Crippen LogP contribution in [0.25, 0.3) is 0 Å². The summed E-state index contributed by atoms with van der Waals surface area (Å²) in [6.07, 6.45) is 2.15. The quantitative estimate of drug-likeness (QED) is 0.773. The zero-order valence-corrected chi connectivity index (χ0v) is 9.15. The molecule has 5 nitrogen and oxygen atoms in total. The first-order valence-electron chi connectivity index (χ1n) is 4.95. The summed E-state index contributed by atoms with van der Waals surface area (Å²) in [6.45, 7) is 5.45. The molecule has 0 amide bonds. The van der Waals surface area contributed by atoms with E-state index in [1.54, 1.807) is 13.1 Å². The fourth-order valence-corrected chi connectivity index (χ4v) is 1.31. The predicted octanol–water partition coefficient (Wildman–Crippen LogP) is 1.50. The van der Waals surface area contributed by atoms with Gasteiger partial charge in [0.05, 0.1) is 12.2 Å². The van der Waals surface area contributed by atoms with E-state index >= 15 is 0 Å². The van der Waals surface area contributed by atoms with E-state index in [1.165, 1.54) is 0 Å². The maximum atomic E-state index is 10.8. The van der Waals surface area contributed by atoms with Crippen LogP contribution < -0.4 is 5.32 Å². The highest BCUT2D eigenvalue weighted by atomic mass is 16.4. The minimum absolute atomic E-state index is 0.195. The van der Waals surface area contributed by atoms with Gasteiger partial charge in [-0.2, -0.15) is 0 Å². The fraction of sp³-hybridized carbons (Fsp3) is 0.600. The third-order valence-corrected chi connectivity index (χ3v) is 2.17. The van der Waals surface area contributed by atoms with Crippen LogP contribution in [-0.2, 0) is 4.79 Å². The second kappa shape index (κ2) is 4.93. The zero-order chi connectivity index (χ0) is 11.4. The van der Waals surface area contributed by atoms with Crippen molar-refractivity contribution in [2.75, 3.05) is 0 Å². The second-order valence-corrected chi connectivity index (χ2v) is 3.50. The van der Waals surface area contributed by atoms with E-state index in [-0.39, 0.29) is 6.04 Å². The molecule has 2 N–H and O–H groups in total. The number of rotatable bonds is 5. The minimum atomic E-state index is -0.854. The Hall–Kier alpha value is -1.36. The molecule has 0 fully saturated rings. The lowest BCUT2D eigenvalue weighted by atomic mass is 10.2. The lowest BCUT2D eigenvalue weighted by Gasteiger charge is -2.16. The van der Waals surface area contributed by atoms with Gasteiger partial charge in [0, 0.05) is 0 Å². The van der Waals surface area contributed by atoms with Crippen LogP contribution in [0.4, 0.5) is 0 Å². The number of hydrogen-bond acceptors (Lipinski definition) is 4. The first kappa shape index (κ1) is 11.7. The van der Waals surface area contributed by atoms with Gasteiger partial charge in [0.1, 0.15) is 11.8 Å². The molecule has 1 aromatic rings. The molecule has 0 bridgehead atoms. The van der Waals surface area contributed by atoms with Crippen LogP contribution in [0.3, 0.4) is 0 Å². The molecule has 0 spiro atoms. The van der Waals surface area contributed by atoms with Gasteiger partial charge in [-0.3, -0.25) is 10.1 Å². The number of nitrogens with zero attached hydrogens (tertiary/aromatic N) is 1. The molecular weight excluding hydrogens is 196 g/mol. The summed E-state index contributed by atoms with van der Waals surface area (Å²) in [5.41, 5.74) is 0. The van der Waals surface area contributed by atoms with E-state index in [2.05, 4.69) is 10.3 Å². The van der Waals surface area contributed by atoms with E-state index in [9.17, 15) is 4.79 Å². The first-order valence-corrected chi connectivity index (χ1v) is 4.95. The van der Waals surface area contributed by atoms with Crippen LogP contribution in [-0.4, -0.2) is 22.1 Å². The Morgan fingerprint density at radius 1 is 1.73 bits per heavy atom. The van der Waals surface area contributed by atoms with Crippen molar-refractivity contribution in [2.24, 2.45) is 0 Å². The van der Waals surface area contributed by atoms with Crippen molar-refractivity contribution in [1.29, 1.82) is 0 Å². The Morgan fingerprint density at radius 3 is 2.80 bits per heavy atom. The number of carboxylic acid groups (broad SMARTS) is 1. The third kappa shape index (κ3) is 3.06. The molecule has 1 heterocycles. The minimum Gasteiger partial charge on any atom is -0.480 e. The number of oxazole rings is 1. The molecule has 0 aromatic carbocycles. The number of aryl methyl sites for hydroxylation is 1. The number of carboxylic acids is 1. The Labute approximate surface area is 88.5 Å². The van der Waals surface area contributed by atoms with Crippen molar-refractivity contribution in [3.8, 4) is 0 Å². The molecule has 2 unspecified atom stereocenters. The highest BCUT2D eigenvalue weighted by Crippen LogP contribution is 2.13. The van der Waals surface area contributed by atoms with E-state index in [0.29, 0.717) is 12.3 Å². The number of carbonyl (C=O) groups is 1. The molecular formula is C10H16N2O3. The second-order valence-electron chi connectivity index (χ2n) is 3.50. The Bertz CT molecular complexity index is 335. The van der Waals surface area contributed by atoms with Crippen LogP contribution in [0.15, 0.2) is 10.6 Å². The van der Waals surface area contributed by atoms with Crippen LogP contribution in [0, 0.1) is 6.92 Å².